The minimum absolute atomic E-state index is 0.140. The number of hydrogen-bond donors (Lipinski definition) is 1. The highest BCUT2D eigenvalue weighted by molar-refractivity contribution is 5.96. The molecular weight excluding hydrogens is 413 g/mol. The van der Waals surface area contributed by atoms with Gasteiger partial charge in [-0.3, -0.25) is 4.79 Å². The molecule has 0 atom stereocenters. The van der Waals surface area contributed by atoms with E-state index in [4.69, 9.17) is 4.74 Å². The summed E-state index contributed by atoms with van der Waals surface area (Å²) in [5, 5.41) is 6.23. The van der Waals surface area contributed by atoms with Crippen molar-refractivity contribution in [2.75, 3.05) is 11.9 Å². The van der Waals surface area contributed by atoms with Gasteiger partial charge in [0.2, 0.25) is 0 Å². The van der Waals surface area contributed by atoms with E-state index in [1.807, 2.05) is 6.07 Å². The van der Waals surface area contributed by atoms with Crippen LogP contribution in [0.5, 0.6) is 0 Å². The van der Waals surface area contributed by atoms with E-state index in [-0.39, 0.29) is 11.4 Å². The number of ether oxygens (including phenoxy) is 1. The average Bonchev–Trinajstić information content (AvgIpc) is 3.42. The van der Waals surface area contributed by atoms with Crippen LogP contribution < -0.4 is 5.32 Å². The number of aromatic nitrogens is 3. The van der Waals surface area contributed by atoms with Crippen LogP contribution in [0, 0.1) is 0 Å². The van der Waals surface area contributed by atoms with Crippen molar-refractivity contribution >= 4 is 17.6 Å². The minimum Gasteiger partial charge on any atom is -0.452 e. The summed E-state index contributed by atoms with van der Waals surface area (Å²) in [5.74, 6) is -1.46. The molecule has 1 aliphatic rings. The van der Waals surface area contributed by atoms with E-state index in [1.165, 1.54) is 29.0 Å². The number of rotatable bonds is 5. The Morgan fingerprint density at radius 1 is 1.10 bits per heavy atom. The fraction of sp³-hybridized carbons (Fsp3) is 0.238. The molecule has 0 saturated heterocycles. The lowest BCUT2D eigenvalue weighted by Crippen LogP contribution is -2.22. The molecule has 0 spiro atoms. The Bertz CT molecular complexity index is 1130. The molecule has 0 bridgehead atoms. The Kier molecular flexibility index (Phi) is 5.45. The average molecular weight is 430 g/mol. The zero-order valence-electron chi connectivity index (χ0n) is 16.1. The second-order valence-corrected chi connectivity index (χ2v) is 7.03. The van der Waals surface area contributed by atoms with Crippen LogP contribution in [0.4, 0.5) is 18.9 Å². The number of hydrogen-bond acceptors (Lipinski definition) is 5. The summed E-state index contributed by atoms with van der Waals surface area (Å²) in [5.41, 5.74) is 1.71. The fourth-order valence-electron chi connectivity index (χ4n) is 3.44. The van der Waals surface area contributed by atoms with Crippen LogP contribution in [0.2, 0.25) is 0 Å². The maximum absolute atomic E-state index is 13.1. The normalized spacial score (nSPS) is 13.0. The number of aryl methyl sites for hydroxylation is 2. The summed E-state index contributed by atoms with van der Waals surface area (Å²) in [6, 6.07) is 8.09. The molecule has 7 nitrogen and oxygen atoms in total. The lowest BCUT2D eigenvalue weighted by atomic mass is 10.1. The molecule has 1 aliphatic carbocycles. The van der Waals surface area contributed by atoms with Crippen molar-refractivity contribution in [3.63, 3.8) is 0 Å². The number of amides is 1. The first kappa shape index (κ1) is 20.6. The molecule has 160 valence electrons. The third-order valence-corrected chi connectivity index (χ3v) is 4.93. The lowest BCUT2D eigenvalue weighted by molar-refractivity contribution is -0.137. The summed E-state index contributed by atoms with van der Waals surface area (Å²) in [6.45, 7) is -0.650. The zero-order valence-corrected chi connectivity index (χ0v) is 16.1. The van der Waals surface area contributed by atoms with Crippen molar-refractivity contribution in [1.82, 2.24) is 14.8 Å². The van der Waals surface area contributed by atoms with Gasteiger partial charge in [-0.05, 0) is 60.7 Å². The highest BCUT2D eigenvalue weighted by Gasteiger charge is 2.31. The first-order valence-electron chi connectivity index (χ1n) is 9.46. The van der Waals surface area contributed by atoms with Crippen LogP contribution >= 0.6 is 0 Å². The van der Waals surface area contributed by atoms with Gasteiger partial charge >= 0.3 is 12.1 Å². The number of fused-ring (bicyclic) bond motifs is 1. The maximum atomic E-state index is 13.1. The Morgan fingerprint density at radius 2 is 1.90 bits per heavy atom. The highest BCUT2D eigenvalue weighted by atomic mass is 19.4. The van der Waals surface area contributed by atoms with Gasteiger partial charge in [0, 0.05) is 0 Å². The van der Waals surface area contributed by atoms with Gasteiger partial charge in [-0.25, -0.2) is 14.5 Å². The Labute approximate surface area is 174 Å². The minimum atomic E-state index is -4.60. The lowest BCUT2D eigenvalue weighted by Gasteiger charge is -2.14. The van der Waals surface area contributed by atoms with Gasteiger partial charge in [0.25, 0.3) is 5.91 Å². The van der Waals surface area contributed by atoms with Crippen molar-refractivity contribution < 1.29 is 27.5 Å². The number of anilines is 1. The van der Waals surface area contributed by atoms with E-state index in [0.717, 1.165) is 37.0 Å². The monoisotopic (exact) mass is 430 g/mol. The molecule has 0 saturated carbocycles. The van der Waals surface area contributed by atoms with Gasteiger partial charge in [-0.15, -0.1) is 0 Å². The predicted octanol–water partition coefficient (Wildman–Crippen LogP) is 3.57. The summed E-state index contributed by atoms with van der Waals surface area (Å²) in [6.07, 6.45) is 0.783. The molecule has 2 aromatic carbocycles. The molecule has 1 heterocycles. The predicted molar refractivity (Wildman–Crippen MR) is 104 cm³/mol. The van der Waals surface area contributed by atoms with Gasteiger partial charge in [0.1, 0.15) is 12.7 Å². The third kappa shape index (κ3) is 4.57. The SMILES string of the molecule is O=C(COC(=O)c1ccc2c(c1)CCC2)Nc1cc(C(F)(F)F)ccc1-n1cncn1. The molecule has 0 aliphatic heterocycles. The van der Waals surface area contributed by atoms with Gasteiger partial charge in [-0.1, -0.05) is 6.07 Å². The Hall–Kier alpha value is -3.69. The molecule has 0 radical (unpaired) electrons. The molecule has 31 heavy (non-hydrogen) atoms. The van der Waals surface area contributed by atoms with E-state index in [9.17, 15) is 22.8 Å². The van der Waals surface area contributed by atoms with Crippen LogP contribution in [-0.4, -0.2) is 33.2 Å². The summed E-state index contributed by atoms with van der Waals surface area (Å²) < 4.78 is 45.6. The summed E-state index contributed by atoms with van der Waals surface area (Å²) in [4.78, 5) is 28.3. The molecular formula is C21H17F3N4O3. The van der Waals surface area contributed by atoms with E-state index in [1.54, 1.807) is 12.1 Å². The summed E-state index contributed by atoms with van der Waals surface area (Å²) in [7, 11) is 0. The van der Waals surface area contributed by atoms with Gasteiger partial charge in [0.15, 0.2) is 6.61 Å². The molecule has 1 N–H and O–H groups in total. The molecule has 0 unspecified atom stereocenters. The first-order chi connectivity index (χ1) is 14.8. The van der Waals surface area contributed by atoms with E-state index in [2.05, 4.69) is 15.4 Å². The number of esters is 1. The number of nitrogens with zero attached hydrogens (tertiary/aromatic N) is 3. The van der Waals surface area contributed by atoms with Crippen LogP contribution in [0.25, 0.3) is 5.69 Å². The Morgan fingerprint density at radius 3 is 2.65 bits per heavy atom. The standard InChI is InChI=1S/C21H17F3N4O3/c22-21(23,24)16-6-7-18(28-12-25-11-26-28)17(9-16)27-19(29)10-31-20(30)15-5-4-13-2-1-3-14(13)8-15/h4-9,11-12H,1-3,10H2,(H,27,29). The first-order valence-corrected chi connectivity index (χ1v) is 9.46. The number of carbonyl (C=O) groups is 2. The van der Waals surface area contributed by atoms with Crippen LogP contribution in [-0.2, 0) is 28.5 Å². The van der Waals surface area contributed by atoms with E-state index < -0.39 is 30.2 Å². The van der Waals surface area contributed by atoms with Crippen molar-refractivity contribution in [3.05, 3.63) is 71.3 Å². The van der Waals surface area contributed by atoms with Crippen LogP contribution in [0.15, 0.2) is 49.1 Å². The molecule has 3 aromatic rings. The van der Waals surface area contributed by atoms with E-state index >= 15 is 0 Å². The Balaban J connectivity index is 1.47. The molecule has 4 rings (SSSR count). The number of carbonyl (C=O) groups excluding carboxylic acids is 2. The number of halogens is 3. The van der Waals surface area contributed by atoms with Gasteiger partial charge in [0.05, 0.1) is 22.5 Å². The maximum Gasteiger partial charge on any atom is 0.416 e. The molecule has 0 fully saturated rings. The number of alkyl halides is 3. The fourth-order valence-corrected chi connectivity index (χ4v) is 3.44. The molecule has 1 amide bonds. The smallest absolute Gasteiger partial charge is 0.416 e. The van der Waals surface area contributed by atoms with E-state index in [0.29, 0.717) is 5.56 Å². The highest BCUT2D eigenvalue weighted by Crippen LogP contribution is 2.33. The largest absolute Gasteiger partial charge is 0.452 e. The number of benzene rings is 2. The third-order valence-electron chi connectivity index (χ3n) is 4.93. The van der Waals surface area contributed by atoms with Crippen molar-refractivity contribution in [2.24, 2.45) is 0 Å². The zero-order chi connectivity index (χ0) is 22.0. The second kappa shape index (κ2) is 8.21. The van der Waals surface area contributed by atoms with Crippen LogP contribution in [0.3, 0.4) is 0 Å². The van der Waals surface area contributed by atoms with Crippen LogP contribution in [0.1, 0.15) is 33.5 Å². The van der Waals surface area contributed by atoms with Gasteiger partial charge in [-0.2, -0.15) is 18.3 Å². The van der Waals surface area contributed by atoms with Crippen molar-refractivity contribution in [2.45, 2.75) is 25.4 Å². The quantitative estimate of drug-likeness (QED) is 0.626. The molecule has 1 aromatic heterocycles. The van der Waals surface area contributed by atoms with Crippen molar-refractivity contribution in [1.29, 1.82) is 0 Å². The van der Waals surface area contributed by atoms with Crippen molar-refractivity contribution in [3.8, 4) is 5.69 Å². The van der Waals surface area contributed by atoms with Gasteiger partial charge < -0.3 is 10.1 Å². The number of nitrogens with one attached hydrogen (secondary N) is 1. The topological polar surface area (TPSA) is 86.1 Å². The second-order valence-electron chi connectivity index (χ2n) is 7.03. The molecule has 10 heteroatoms. The summed E-state index contributed by atoms with van der Waals surface area (Å²) >= 11 is 0.